The van der Waals surface area contributed by atoms with E-state index in [1.165, 1.54) is 25.1 Å². The van der Waals surface area contributed by atoms with Crippen molar-refractivity contribution in [1.29, 1.82) is 0 Å². The van der Waals surface area contributed by atoms with Crippen molar-refractivity contribution in [3.05, 3.63) is 17.8 Å². The fraction of sp³-hybridized carbons (Fsp3) is 0.500. The first-order chi connectivity index (χ1) is 8.61. The van der Waals surface area contributed by atoms with Gasteiger partial charge in [-0.05, 0) is 25.2 Å². The first-order valence-electron chi connectivity index (χ1n) is 5.90. The Morgan fingerprint density at radius 3 is 3.00 bits per heavy atom. The lowest BCUT2D eigenvalue weighted by Gasteiger charge is -2.20. The molecule has 0 bridgehead atoms. The van der Waals surface area contributed by atoms with E-state index in [4.69, 9.17) is 10.8 Å². The van der Waals surface area contributed by atoms with Gasteiger partial charge in [-0.2, -0.15) is 11.8 Å². The number of hydrogen-bond donors (Lipinski definition) is 3. The summed E-state index contributed by atoms with van der Waals surface area (Å²) in [6, 6.07) is 1.81. The molecule has 0 aromatic carbocycles. The lowest BCUT2D eigenvalue weighted by atomic mass is 10.2. The second kappa shape index (κ2) is 5.48. The van der Waals surface area contributed by atoms with Crippen molar-refractivity contribution in [1.82, 2.24) is 4.98 Å². The number of rotatable bonds is 4. The van der Waals surface area contributed by atoms with Crippen LogP contribution in [-0.4, -0.2) is 33.6 Å². The number of carboxylic acids is 1. The Hall–Kier alpha value is -1.43. The number of aromatic nitrogens is 1. The van der Waals surface area contributed by atoms with E-state index in [9.17, 15) is 4.79 Å². The summed E-state index contributed by atoms with van der Waals surface area (Å²) < 4.78 is 0. The Kier molecular flexibility index (Phi) is 3.96. The number of anilines is 2. The molecule has 2 atom stereocenters. The summed E-state index contributed by atoms with van der Waals surface area (Å²) in [5, 5.41) is 12.7. The van der Waals surface area contributed by atoms with E-state index in [0.717, 1.165) is 6.42 Å². The van der Waals surface area contributed by atoms with Gasteiger partial charge in [-0.15, -0.1) is 0 Å². The highest BCUT2D eigenvalue weighted by molar-refractivity contribution is 7.99. The van der Waals surface area contributed by atoms with Crippen LogP contribution in [0, 0.1) is 0 Å². The summed E-state index contributed by atoms with van der Waals surface area (Å²) >= 11 is 1.85. The molecule has 0 radical (unpaired) electrons. The average molecular weight is 267 g/mol. The zero-order valence-electron chi connectivity index (χ0n) is 10.2. The number of aromatic carboxylic acids is 1. The molecule has 0 spiro atoms. The summed E-state index contributed by atoms with van der Waals surface area (Å²) in [7, 11) is 0. The van der Waals surface area contributed by atoms with Crippen LogP contribution < -0.4 is 11.1 Å². The van der Waals surface area contributed by atoms with Crippen LogP contribution in [0.5, 0.6) is 0 Å². The molecule has 1 heterocycles. The highest BCUT2D eigenvalue weighted by Gasteiger charge is 2.27. The van der Waals surface area contributed by atoms with Crippen LogP contribution >= 0.6 is 11.8 Å². The third-order valence-electron chi connectivity index (χ3n) is 3.24. The van der Waals surface area contributed by atoms with Gasteiger partial charge in [0, 0.05) is 17.5 Å². The van der Waals surface area contributed by atoms with Crippen LogP contribution in [-0.2, 0) is 0 Å². The quantitative estimate of drug-likeness (QED) is 0.774. The first kappa shape index (κ1) is 13.0. The molecule has 4 N–H and O–H groups in total. The van der Waals surface area contributed by atoms with Gasteiger partial charge in [-0.3, -0.25) is 0 Å². The van der Waals surface area contributed by atoms with E-state index >= 15 is 0 Å². The number of carboxylic acid groups (broad SMARTS) is 1. The van der Waals surface area contributed by atoms with Crippen molar-refractivity contribution < 1.29 is 9.90 Å². The van der Waals surface area contributed by atoms with Crippen LogP contribution in [0.3, 0.4) is 0 Å². The number of nitrogens with two attached hydrogens (primary N) is 1. The lowest BCUT2D eigenvalue weighted by molar-refractivity contribution is 0.0696. The van der Waals surface area contributed by atoms with E-state index in [-0.39, 0.29) is 5.56 Å². The van der Waals surface area contributed by atoms with Gasteiger partial charge >= 0.3 is 5.97 Å². The summed E-state index contributed by atoms with van der Waals surface area (Å²) in [5.74, 6) is -0.422. The van der Waals surface area contributed by atoms with Gasteiger partial charge in [0.15, 0.2) is 0 Å². The smallest absolute Gasteiger partial charge is 0.337 e. The number of thioether (sulfide) groups is 1. The van der Waals surface area contributed by atoms with Crippen LogP contribution in [0.15, 0.2) is 12.3 Å². The number of nitrogen functional groups attached to an aromatic ring is 1. The summed E-state index contributed by atoms with van der Waals surface area (Å²) in [4.78, 5) is 14.9. The van der Waals surface area contributed by atoms with Crippen molar-refractivity contribution in [2.75, 3.05) is 17.3 Å². The van der Waals surface area contributed by atoms with E-state index in [1.54, 1.807) is 0 Å². The molecule has 1 aliphatic rings. The maximum absolute atomic E-state index is 10.8. The fourth-order valence-corrected chi connectivity index (χ4v) is 3.20. The van der Waals surface area contributed by atoms with Gasteiger partial charge in [-0.1, -0.05) is 6.42 Å². The minimum Gasteiger partial charge on any atom is -0.478 e. The van der Waals surface area contributed by atoms with Crippen molar-refractivity contribution in [3.8, 4) is 0 Å². The topological polar surface area (TPSA) is 88.2 Å². The Morgan fingerprint density at radius 2 is 2.39 bits per heavy atom. The number of carbonyl (C=O) groups is 1. The normalized spacial score (nSPS) is 22.9. The standard InChI is InChI=1S/C12H17N3O2S/c1-18-10-4-2-3-9(10)15-11-8(13)5-7(6-14-11)12(16)17/h5-6,9-10H,2-4,13H2,1H3,(H,14,15)(H,16,17). The Labute approximate surface area is 110 Å². The summed E-state index contributed by atoms with van der Waals surface area (Å²) in [6.07, 6.45) is 6.95. The average Bonchev–Trinajstić information content (AvgIpc) is 2.78. The maximum Gasteiger partial charge on any atom is 0.337 e. The summed E-state index contributed by atoms with van der Waals surface area (Å²) in [5.41, 5.74) is 6.34. The lowest BCUT2D eigenvalue weighted by Crippen LogP contribution is -2.26. The molecule has 0 aliphatic heterocycles. The van der Waals surface area contributed by atoms with Gasteiger partial charge in [-0.25, -0.2) is 9.78 Å². The molecular formula is C12H17N3O2S. The van der Waals surface area contributed by atoms with E-state index in [1.807, 2.05) is 11.8 Å². The molecule has 2 unspecified atom stereocenters. The Morgan fingerprint density at radius 1 is 1.61 bits per heavy atom. The molecule has 18 heavy (non-hydrogen) atoms. The molecule has 98 valence electrons. The van der Waals surface area contributed by atoms with E-state index in [0.29, 0.717) is 22.8 Å². The highest BCUT2D eigenvalue weighted by Crippen LogP contribution is 2.31. The molecule has 1 aromatic rings. The SMILES string of the molecule is CSC1CCCC1Nc1ncc(C(=O)O)cc1N. The monoisotopic (exact) mass is 267 g/mol. The van der Waals surface area contributed by atoms with Crippen molar-refractivity contribution in [2.24, 2.45) is 0 Å². The number of hydrogen-bond acceptors (Lipinski definition) is 5. The second-order valence-electron chi connectivity index (χ2n) is 4.42. The van der Waals surface area contributed by atoms with Crippen LogP contribution in [0.4, 0.5) is 11.5 Å². The van der Waals surface area contributed by atoms with Crippen molar-refractivity contribution in [3.63, 3.8) is 0 Å². The van der Waals surface area contributed by atoms with Crippen LogP contribution in [0.2, 0.25) is 0 Å². The fourth-order valence-electron chi connectivity index (χ4n) is 2.27. The van der Waals surface area contributed by atoms with Gasteiger partial charge in [0.25, 0.3) is 0 Å². The van der Waals surface area contributed by atoms with Crippen molar-refractivity contribution in [2.45, 2.75) is 30.6 Å². The van der Waals surface area contributed by atoms with Crippen LogP contribution in [0.25, 0.3) is 0 Å². The Bertz CT molecular complexity index is 453. The van der Waals surface area contributed by atoms with Gasteiger partial charge in [0.05, 0.1) is 11.3 Å². The van der Waals surface area contributed by atoms with E-state index in [2.05, 4.69) is 16.6 Å². The third kappa shape index (κ3) is 2.69. The second-order valence-corrected chi connectivity index (χ2v) is 5.50. The largest absolute Gasteiger partial charge is 0.478 e. The molecule has 0 amide bonds. The predicted octanol–water partition coefficient (Wildman–Crippen LogP) is 2.06. The van der Waals surface area contributed by atoms with Gasteiger partial charge < -0.3 is 16.2 Å². The summed E-state index contributed by atoms with van der Waals surface area (Å²) in [6.45, 7) is 0. The predicted molar refractivity (Wildman–Crippen MR) is 74.2 cm³/mol. The highest BCUT2D eigenvalue weighted by atomic mass is 32.2. The molecule has 2 rings (SSSR count). The molecule has 5 nitrogen and oxygen atoms in total. The number of nitrogens with one attached hydrogen (secondary N) is 1. The molecule has 1 aliphatic carbocycles. The molecule has 0 saturated heterocycles. The molecule has 1 aromatic heterocycles. The molecule has 1 saturated carbocycles. The number of pyridine rings is 1. The first-order valence-corrected chi connectivity index (χ1v) is 7.18. The maximum atomic E-state index is 10.8. The minimum atomic E-state index is -1.01. The van der Waals surface area contributed by atoms with Gasteiger partial charge in [0.1, 0.15) is 5.82 Å². The third-order valence-corrected chi connectivity index (χ3v) is 4.41. The van der Waals surface area contributed by atoms with E-state index < -0.39 is 5.97 Å². The zero-order chi connectivity index (χ0) is 13.1. The van der Waals surface area contributed by atoms with Crippen LogP contribution in [0.1, 0.15) is 29.6 Å². The minimum absolute atomic E-state index is 0.117. The molecular weight excluding hydrogens is 250 g/mol. The molecule has 6 heteroatoms. The van der Waals surface area contributed by atoms with Gasteiger partial charge in [0.2, 0.25) is 0 Å². The van der Waals surface area contributed by atoms with Crippen molar-refractivity contribution >= 4 is 29.2 Å². The number of nitrogens with zero attached hydrogens (tertiary/aromatic N) is 1. The Balaban J connectivity index is 2.12. The zero-order valence-corrected chi connectivity index (χ0v) is 11.0. The molecule has 1 fully saturated rings.